The number of nitrogens with two attached hydrogens (primary N) is 1. The van der Waals surface area contributed by atoms with Gasteiger partial charge in [-0.15, -0.1) is 0 Å². The monoisotopic (exact) mass is 221 g/mol. The molecule has 2 nitrogen and oxygen atoms in total. The van der Waals surface area contributed by atoms with Crippen LogP contribution in [0, 0.1) is 5.41 Å². The Kier molecular flexibility index (Phi) is 4.36. The fraction of sp³-hybridized carbons (Fsp3) is 0.571. The maximum atomic E-state index is 5.76. The van der Waals surface area contributed by atoms with Crippen LogP contribution in [0.3, 0.4) is 0 Å². The van der Waals surface area contributed by atoms with Crippen LogP contribution in [0.1, 0.15) is 31.9 Å². The van der Waals surface area contributed by atoms with E-state index in [0.29, 0.717) is 6.54 Å². The van der Waals surface area contributed by atoms with Crippen LogP contribution in [0.5, 0.6) is 5.75 Å². The molecule has 0 unspecified atom stereocenters. The summed E-state index contributed by atoms with van der Waals surface area (Å²) in [5.74, 6) is 0.983. The van der Waals surface area contributed by atoms with Gasteiger partial charge in [0.25, 0.3) is 0 Å². The molecule has 0 fully saturated rings. The third kappa shape index (κ3) is 3.24. The second-order valence-electron chi connectivity index (χ2n) is 5.04. The van der Waals surface area contributed by atoms with Crippen molar-refractivity contribution in [2.45, 2.75) is 33.6 Å². The largest absolute Gasteiger partial charge is 0.496 e. The standard InChI is InChI=1S/C14H23NO/c1-5-12-8-11(6-7-13(12)16-4)9-14(2,3)10-15/h6-8H,5,9-10,15H2,1-4H3. The molecule has 0 saturated heterocycles. The number of benzene rings is 1. The molecule has 0 aromatic heterocycles. The van der Waals surface area contributed by atoms with Crippen molar-refractivity contribution in [3.05, 3.63) is 29.3 Å². The van der Waals surface area contributed by atoms with Gasteiger partial charge in [-0.1, -0.05) is 32.9 Å². The van der Waals surface area contributed by atoms with Crippen molar-refractivity contribution in [1.29, 1.82) is 0 Å². The lowest BCUT2D eigenvalue weighted by Crippen LogP contribution is -2.25. The van der Waals surface area contributed by atoms with E-state index in [1.807, 2.05) is 0 Å². The quantitative estimate of drug-likeness (QED) is 0.829. The highest BCUT2D eigenvalue weighted by molar-refractivity contribution is 5.37. The summed E-state index contributed by atoms with van der Waals surface area (Å²) in [5.41, 5.74) is 8.53. The highest BCUT2D eigenvalue weighted by Crippen LogP contribution is 2.25. The average molecular weight is 221 g/mol. The predicted molar refractivity (Wildman–Crippen MR) is 68.9 cm³/mol. The summed E-state index contributed by atoms with van der Waals surface area (Å²) in [6.45, 7) is 7.25. The third-order valence-corrected chi connectivity index (χ3v) is 2.96. The van der Waals surface area contributed by atoms with Crippen molar-refractivity contribution in [3.8, 4) is 5.75 Å². The van der Waals surface area contributed by atoms with E-state index in [1.54, 1.807) is 7.11 Å². The number of hydrogen-bond donors (Lipinski definition) is 1. The molecule has 0 amide bonds. The fourth-order valence-electron chi connectivity index (χ4n) is 1.84. The Labute approximate surface area is 98.8 Å². The van der Waals surface area contributed by atoms with E-state index < -0.39 is 0 Å². The van der Waals surface area contributed by atoms with Crippen LogP contribution in [-0.2, 0) is 12.8 Å². The van der Waals surface area contributed by atoms with Gasteiger partial charge in [0, 0.05) is 0 Å². The Bertz CT molecular complexity index is 345. The molecule has 1 aromatic carbocycles. The molecule has 0 saturated carbocycles. The zero-order valence-electron chi connectivity index (χ0n) is 10.8. The molecule has 2 heteroatoms. The van der Waals surface area contributed by atoms with E-state index in [1.165, 1.54) is 11.1 Å². The van der Waals surface area contributed by atoms with Crippen LogP contribution in [0.15, 0.2) is 18.2 Å². The van der Waals surface area contributed by atoms with Crippen LogP contribution in [0.4, 0.5) is 0 Å². The molecule has 1 aromatic rings. The van der Waals surface area contributed by atoms with Crippen molar-refractivity contribution in [1.82, 2.24) is 0 Å². The molecule has 2 N–H and O–H groups in total. The second kappa shape index (κ2) is 5.35. The lowest BCUT2D eigenvalue weighted by Gasteiger charge is -2.22. The average Bonchev–Trinajstić information content (AvgIpc) is 2.28. The molecule has 0 aliphatic carbocycles. The van der Waals surface area contributed by atoms with E-state index in [-0.39, 0.29) is 5.41 Å². The summed E-state index contributed by atoms with van der Waals surface area (Å²) < 4.78 is 5.32. The van der Waals surface area contributed by atoms with Crippen molar-refractivity contribution in [2.24, 2.45) is 11.1 Å². The maximum absolute atomic E-state index is 5.76. The van der Waals surface area contributed by atoms with Gasteiger partial charge in [0.15, 0.2) is 0 Å². The summed E-state index contributed by atoms with van der Waals surface area (Å²) in [7, 11) is 1.72. The molecule has 0 heterocycles. The van der Waals surface area contributed by atoms with E-state index in [0.717, 1.165) is 18.6 Å². The number of rotatable bonds is 5. The molecular formula is C14H23NO. The van der Waals surface area contributed by atoms with Gasteiger partial charge < -0.3 is 10.5 Å². The van der Waals surface area contributed by atoms with Gasteiger partial charge in [0.2, 0.25) is 0 Å². The zero-order valence-corrected chi connectivity index (χ0v) is 10.8. The van der Waals surface area contributed by atoms with Crippen LogP contribution in [0.2, 0.25) is 0 Å². The van der Waals surface area contributed by atoms with Crippen LogP contribution >= 0.6 is 0 Å². The SMILES string of the molecule is CCc1cc(CC(C)(C)CN)ccc1OC. The van der Waals surface area contributed by atoms with Crippen LogP contribution in [0.25, 0.3) is 0 Å². The molecule has 0 atom stereocenters. The molecular weight excluding hydrogens is 198 g/mol. The van der Waals surface area contributed by atoms with Crippen molar-refractivity contribution >= 4 is 0 Å². The summed E-state index contributed by atoms with van der Waals surface area (Å²) in [6, 6.07) is 6.42. The Morgan fingerprint density at radius 2 is 2.00 bits per heavy atom. The topological polar surface area (TPSA) is 35.2 Å². The summed E-state index contributed by atoms with van der Waals surface area (Å²) >= 11 is 0. The maximum Gasteiger partial charge on any atom is 0.122 e. The lowest BCUT2D eigenvalue weighted by molar-refractivity contribution is 0.375. The van der Waals surface area contributed by atoms with Crippen molar-refractivity contribution in [3.63, 3.8) is 0 Å². The summed E-state index contributed by atoms with van der Waals surface area (Å²) in [4.78, 5) is 0. The normalized spacial score (nSPS) is 11.6. The van der Waals surface area contributed by atoms with Gasteiger partial charge >= 0.3 is 0 Å². The lowest BCUT2D eigenvalue weighted by atomic mass is 9.85. The van der Waals surface area contributed by atoms with Crippen molar-refractivity contribution in [2.75, 3.05) is 13.7 Å². The highest BCUT2D eigenvalue weighted by atomic mass is 16.5. The number of methoxy groups -OCH3 is 1. The predicted octanol–water partition coefficient (Wildman–Crippen LogP) is 2.79. The first-order valence-corrected chi connectivity index (χ1v) is 5.88. The van der Waals surface area contributed by atoms with E-state index >= 15 is 0 Å². The number of hydrogen-bond acceptors (Lipinski definition) is 2. The van der Waals surface area contributed by atoms with Gasteiger partial charge in [-0.25, -0.2) is 0 Å². The third-order valence-electron chi connectivity index (χ3n) is 2.96. The Morgan fingerprint density at radius 1 is 1.31 bits per heavy atom. The molecule has 0 spiro atoms. The smallest absolute Gasteiger partial charge is 0.122 e. The summed E-state index contributed by atoms with van der Waals surface area (Å²) in [6.07, 6.45) is 2.01. The zero-order chi connectivity index (χ0) is 12.2. The van der Waals surface area contributed by atoms with Gasteiger partial charge in [0.1, 0.15) is 5.75 Å². The number of aryl methyl sites for hydroxylation is 1. The minimum absolute atomic E-state index is 0.166. The molecule has 16 heavy (non-hydrogen) atoms. The van der Waals surface area contributed by atoms with Gasteiger partial charge in [-0.3, -0.25) is 0 Å². The molecule has 0 radical (unpaired) electrons. The number of ether oxygens (including phenoxy) is 1. The molecule has 0 aliphatic rings. The van der Waals surface area contributed by atoms with Crippen LogP contribution in [-0.4, -0.2) is 13.7 Å². The van der Waals surface area contributed by atoms with Gasteiger partial charge in [0.05, 0.1) is 7.11 Å². The summed E-state index contributed by atoms with van der Waals surface area (Å²) in [5, 5.41) is 0. The first-order valence-electron chi connectivity index (χ1n) is 5.88. The minimum atomic E-state index is 0.166. The van der Waals surface area contributed by atoms with E-state index in [9.17, 15) is 0 Å². The first-order chi connectivity index (χ1) is 7.52. The molecule has 0 aliphatic heterocycles. The second-order valence-corrected chi connectivity index (χ2v) is 5.04. The molecule has 90 valence electrons. The Hall–Kier alpha value is -1.02. The van der Waals surface area contributed by atoms with E-state index in [4.69, 9.17) is 10.5 Å². The molecule has 0 bridgehead atoms. The minimum Gasteiger partial charge on any atom is -0.496 e. The van der Waals surface area contributed by atoms with Gasteiger partial charge in [-0.05, 0) is 42.0 Å². The van der Waals surface area contributed by atoms with Gasteiger partial charge in [-0.2, -0.15) is 0 Å². The van der Waals surface area contributed by atoms with Crippen LogP contribution < -0.4 is 10.5 Å². The van der Waals surface area contributed by atoms with E-state index in [2.05, 4.69) is 39.0 Å². The van der Waals surface area contributed by atoms with Crippen molar-refractivity contribution < 1.29 is 4.74 Å². The molecule has 1 rings (SSSR count). The first kappa shape index (κ1) is 13.0. The Morgan fingerprint density at radius 3 is 2.50 bits per heavy atom. The highest BCUT2D eigenvalue weighted by Gasteiger charge is 2.16. The Balaban J connectivity index is 2.91. The fourth-order valence-corrected chi connectivity index (χ4v) is 1.84.